The first-order valence-electron chi connectivity index (χ1n) is 9.18. The molecule has 1 aliphatic rings. The maximum Gasteiger partial charge on any atom is 0.192 e. The van der Waals surface area contributed by atoms with Gasteiger partial charge in [-0.25, -0.2) is 9.38 Å². The fraction of sp³-hybridized carbons (Fsp3) is 0.381. The number of aromatic hydroxyl groups is 1. The van der Waals surface area contributed by atoms with Crippen LogP contribution in [0.1, 0.15) is 44.4 Å². The number of phenols is 1. The molecule has 7 heteroatoms. The van der Waals surface area contributed by atoms with Gasteiger partial charge in [-0.3, -0.25) is 0 Å². The number of benzene rings is 2. The lowest BCUT2D eigenvalue weighted by atomic mass is 9.90. The molecule has 0 saturated heterocycles. The molecule has 5 nitrogen and oxygen atoms in total. The first-order valence-corrected chi connectivity index (χ1v) is 9.18. The van der Waals surface area contributed by atoms with Gasteiger partial charge < -0.3 is 20.5 Å². The number of hydrogen-bond acceptors (Lipinski definition) is 3. The van der Waals surface area contributed by atoms with E-state index in [-0.39, 0.29) is 41.4 Å². The molecule has 1 atom stereocenters. The molecule has 0 radical (unpaired) electrons. The third kappa shape index (κ3) is 5.50. The van der Waals surface area contributed by atoms with E-state index in [9.17, 15) is 9.50 Å². The van der Waals surface area contributed by atoms with Gasteiger partial charge in [0.25, 0.3) is 0 Å². The second-order valence-corrected chi connectivity index (χ2v) is 7.28. The lowest BCUT2D eigenvalue weighted by molar-refractivity contribution is 0.0694. The van der Waals surface area contributed by atoms with Gasteiger partial charge in [0.2, 0.25) is 0 Å². The monoisotopic (exact) mass is 499 g/mol. The molecule has 0 saturated carbocycles. The Morgan fingerprint density at radius 2 is 2.04 bits per heavy atom. The van der Waals surface area contributed by atoms with Crippen molar-refractivity contribution in [3.8, 4) is 11.5 Å². The normalized spacial score (nSPS) is 17.7. The van der Waals surface area contributed by atoms with E-state index < -0.39 is 5.82 Å². The average Bonchev–Trinajstić information content (AvgIpc) is 2.61. The maximum absolute atomic E-state index is 13.5. The fourth-order valence-corrected chi connectivity index (χ4v) is 3.24. The van der Waals surface area contributed by atoms with Crippen LogP contribution in [0.3, 0.4) is 0 Å². The van der Waals surface area contributed by atoms with Gasteiger partial charge in [0.15, 0.2) is 17.5 Å². The number of hydrogen-bond donors (Lipinski definition) is 3. The van der Waals surface area contributed by atoms with Gasteiger partial charge in [0.05, 0.1) is 12.6 Å². The van der Waals surface area contributed by atoms with Crippen LogP contribution in [0.4, 0.5) is 4.39 Å². The van der Waals surface area contributed by atoms with E-state index in [1.54, 1.807) is 6.07 Å². The molecule has 2 aromatic rings. The fourth-order valence-electron chi connectivity index (χ4n) is 3.24. The summed E-state index contributed by atoms with van der Waals surface area (Å²) >= 11 is 0. The number of halogens is 2. The number of nitrogens with zero attached hydrogens (tertiary/aromatic N) is 1. The standard InChI is InChI=1S/C21H26FN3O2.HI/c1-4-23-20(24-13-14-9-10-18(26)16(22)11-14)25-17-12-21(2,3)27-19-8-6-5-7-15(17)19;/h5-11,17,26H,4,12-13H2,1-3H3,(H2,23,24,25);1H. The van der Waals surface area contributed by atoms with Gasteiger partial charge in [-0.1, -0.05) is 24.3 Å². The number of phenolic OH excluding ortho intramolecular Hbond substituents is 1. The Hall–Kier alpha value is -2.03. The Morgan fingerprint density at radius 3 is 2.75 bits per heavy atom. The molecule has 3 N–H and O–H groups in total. The third-order valence-electron chi connectivity index (χ3n) is 4.46. The van der Waals surface area contributed by atoms with Crippen LogP contribution in [-0.4, -0.2) is 23.2 Å². The van der Waals surface area contributed by atoms with E-state index in [0.29, 0.717) is 24.6 Å². The predicted octanol–water partition coefficient (Wildman–Crippen LogP) is 4.51. The van der Waals surface area contributed by atoms with E-state index >= 15 is 0 Å². The average molecular weight is 499 g/mol. The molecule has 1 aliphatic heterocycles. The van der Waals surface area contributed by atoms with Crippen LogP contribution in [0, 0.1) is 5.82 Å². The molecule has 0 amide bonds. The van der Waals surface area contributed by atoms with Gasteiger partial charge in [0, 0.05) is 18.5 Å². The Balaban J connectivity index is 0.00000280. The van der Waals surface area contributed by atoms with Gasteiger partial charge in [0.1, 0.15) is 11.4 Å². The summed E-state index contributed by atoms with van der Waals surface area (Å²) in [7, 11) is 0. The van der Waals surface area contributed by atoms with E-state index in [1.165, 1.54) is 12.1 Å². The van der Waals surface area contributed by atoms with Gasteiger partial charge in [-0.05, 0) is 44.5 Å². The molecule has 0 fully saturated rings. The molecule has 1 unspecified atom stereocenters. The minimum Gasteiger partial charge on any atom is -0.505 e. The first-order chi connectivity index (χ1) is 12.9. The highest BCUT2D eigenvalue weighted by atomic mass is 127. The smallest absolute Gasteiger partial charge is 0.192 e. The molecule has 28 heavy (non-hydrogen) atoms. The molecule has 0 spiro atoms. The molecule has 2 aromatic carbocycles. The van der Waals surface area contributed by atoms with Gasteiger partial charge in [-0.2, -0.15) is 0 Å². The maximum atomic E-state index is 13.5. The van der Waals surface area contributed by atoms with E-state index in [2.05, 4.69) is 35.5 Å². The van der Waals surface area contributed by atoms with Crippen molar-refractivity contribution in [1.82, 2.24) is 10.6 Å². The number of fused-ring (bicyclic) bond motifs is 1. The van der Waals surface area contributed by atoms with Crippen molar-refractivity contribution < 1.29 is 14.2 Å². The van der Waals surface area contributed by atoms with Crippen molar-refractivity contribution in [2.45, 2.75) is 45.4 Å². The topological polar surface area (TPSA) is 65.9 Å². The van der Waals surface area contributed by atoms with Gasteiger partial charge >= 0.3 is 0 Å². The van der Waals surface area contributed by atoms with Crippen LogP contribution >= 0.6 is 24.0 Å². The minimum absolute atomic E-state index is 0. The van der Waals surface area contributed by atoms with E-state index in [1.807, 2.05) is 25.1 Å². The number of aliphatic imine (C=N–C) groups is 1. The molecular weight excluding hydrogens is 472 g/mol. The highest BCUT2D eigenvalue weighted by molar-refractivity contribution is 14.0. The number of nitrogens with one attached hydrogen (secondary N) is 2. The van der Waals surface area contributed by atoms with Crippen LogP contribution in [0.25, 0.3) is 0 Å². The lowest BCUT2D eigenvalue weighted by Crippen LogP contribution is -2.45. The summed E-state index contributed by atoms with van der Waals surface area (Å²) in [6.07, 6.45) is 0.794. The van der Waals surface area contributed by atoms with Crippen LogP contribution in [0.5, 0.6) is 11.5 Å². The largest absolute Gasteiger partial charge is 0.505 e. The minimum atomic E-state index is -0.638. The zero-order chi connectivity index (χ0) is 19.4. The molecule has 152 valence electrons. The van der Waals surface area contributed by atoms with E-state index in [0.717, 1.165) is 17.7 Å². The summed E-state index contributed by atoms with van der Waals surface area (Å²) in [5, 5.41) is 16.0. The summed E-state index contributed by atoms with van der Waals surface area (Å²) in [6, 6.07) is 12.4. The molecule has 1 heterocycles. The Labute approximate surface area is 182 Å². The highest BCUT2D eigenvalue weighted by Gasteiger charge is 2.33. The Morgan fingerprint density at radius 1 is 1.29 bits per heavy atom. The second-order valence-electron chi connectivity index (χ2n) is 7.28. The van der Waals surface area contributed by atoms with Crippen LogP contribution < -0.4 is 15.4 Å². The van der Waals surface area contributed by atoms with Crippen LogP contribution in [0.2, 0.25) is 0 Å². The van der Waals surface area contributed by atoms with Crippen molar-refractivity contribution in [3.05, 3.63) is 59.4 Å². The quantitative estimate of drug-likeness (QED) is 0.329. The summed E-state index contributed by atoms with van der Waals surface area (Å²) in [5.41, 5.74) is 1.50. The summed E-state index contributed by atoms with van der Waals surface area (Å²) in [6.45, 7) is 7.16. The predicted molar refractivity (Wildman–Crippen MR) is 120 cm³/mol. The summed E-state index contributed by atoms with van der Waals surface area (Å²) in [4.78, 5) is 4.57. The SMILES string of the molecule is CCNC(=NCc1ccc(O)c(F)c1)NC1CC(C)(C)Oc2ccccc21.I. The Kier molecular flexibility index (Phi) is 7.51. The number of para-hydroxylation sites is 1. The van der Waals surface area contributed by atoms with Crippen molar-refractivity contribution in [2.24, 2.45) is 4.99 Å². The highest BCUT2D eigenvalue weighted by Crippen LogP contribution is 2.39. The van der Waals surface area contributed by atoms with Crippen molar-refractivity contribution >= 4 is 29.9 Å². The van der Waals surface area contributed by atoms with Crippen LogP contribution in [-0.2, 0) is 6.54 Å². The molecule has 0 aliphatic carbocycles. The van der Waals surface area contributed by atoms with E-state index in [4.69, 9.17) is 4.74 Å². The molecule has 0 bridgehead atoms. The van der Waals surface area contributed by atoms with Crippen molar-refractivity contribution in [1.29, 1.82) is 0 Å². The number of rotatable bonds is 4. The second kappa shape index (κ2) is 9.45. The summed E-state index contributed by atoms with van der Waals surface area (Å²) < 4.78 is 19.6. The lowest BCUT2D eigenvalue weighted by Gasteiger charge is -2.38. The van der Waals surface area contributed by atoms with Crippen molar-refractivity contribution in [2.75, 3.05) is 6.54 Å². The number of ether oxygens (including phenoxy) is 1. The third-order valence-corrected chi connectivity index (χ3v) is 4.46. The Bertz CT molecular complexity index is 842. The zero-order valence-corrected chi connectivity index (χ0v) is 18.7. The van der Waals surface area contributed by atoms with Crippen LogP contribution in [0.15, 0.2) is 47.5 Å². The summed E-state index contributed by atoms with van der Waals surface area (Å²) in [5.74, 6) is 0.542. The molecular formula is C21H27FIN3O2. The van der Waals surface area contributed by atoms with Crippen molar-refractivity contribution in [3.63, 3.8) is 0 Å². The molecule has 0 aromatic heterocycles. The zero-order valence-electron chi connectivity index (χ0n) is 16.3. The number of guanidine groups is 1. The van der Waals surface area contributed by atoms with Gasteiger partial charge in [-0.15, -0.1) is 24.0 Å². The first kappa shape index (κ1) is 22.3. The molecule has 3 rings (SSSR count).